The second-order valence-electron chi connectivity index (χ2n) is 5.06. The number of nitriles is 1. The Morgan fingerprint density at radius 2 is 2.24 bits per heavy atom. The summed E-state index contributed by atoms with van der Waals surface area (Å²) in [5.74, 6) is 0.0277. The fraction of sp³-hybridized carbons (Fsp3) is 0.571. The van der Waals surface area contributed by atoms with Crippen molar-refractivity contribution >= 4 is 28.0 Å². The fourth-order valence-electron chi connectivity index (χ4n) is 2.45. The normalized spacial score (nSPS) is 15.5. The van der Waals surface area contributed by atoms with Crippen molar-refractivity contribution in [1.29, 1.82) is 5.26 Å². The quantitative estimate of drug-likeness (QED) is 0.854. The molecule has 0 aliphatic carbocycles. The monoisotopic (exact) mass is 309 g/mol. The van der Waals surface area contributed by atoms with E-state index in [0.29, 0.717) is 16.4 Å². The number of carbonyl (C=O) groups is 1. The summed E-state index contributed by atoms with van der Waals surface area (Å²) in [5, 5.41) is 10.0. The van der Waals surface area contributed by atoms with E-state index in [1.165, 1.54) is 18.4 Å². The van der Waals surface area contributed by atoms with Crippen molar-refractivity contribution in [2.75, 3.05) is 44.5 Å². The summed E-state index contributed by atoms with van der Waals surface area (Å²) in [6.45, 7) is 2.38. The first-order valence-corrected chi connectivity index (χ1v) is 7.59. The van der Waals surface area contributed by atoms with Crippen LogP contribution in [-0.2, 0) is 9.47 Å². The van der Waals surface area contributed by atoms with Crippen molar-refractivity contribution < 1.29 is 14.3 Å². The second kappa shape index (κ2) is 6.78. The zero-order chi connectivity index (χ0) is 15.4. The molecule has 1 saturated heterocycles. The Hall–Kier alpha value is -1.78. The van der Waals surface area contributed by atoms with Gasteiger partial charge in [0.25, 0.3) is 0 Å². The topological polar surface area (TPSA) is 88.6 Å². The molecule has 2 N–H and O–H groups in total. The third kappa shape index (κ3) is 3.28. The molecule has 2 rings (SSSR count). The third-order valence-corrected chi connectivity index (χ3v) is 4.93. The Kier molecular flexibility index (Phi) is 5.04. The molecule has 0 unspecified atom stereocenters. The van der Waals surface area contributed by atoms with Gasteiger partial charge in [0.15, 0.2) is 0 Å². The van der Waals surface area contributed by atoms with Gasteiger partial charge in [-0.25, -0.2) is 4.79 Å². The lowest BCUT2D eigenvalue weighted by atomic mass is 10.00. The molecule has 114 valence electrons. The SMILES string of the molecule is COC(=O)c1sc(N(C)CC2CCOCC2)c(C#N)c1N. The van der Waals surface area contributed by atoms with E-state index in [1.807, 2.05) is 11.9 Å². The van der Waals surface area contributed by atoms with E-state index in [4.69, 9.17) is 15.2 Å². The second-order valence-corrected chi connectivity index (χ2v) is 6.06. The molecule has 0 radical (unpaired) electrons. The standard InChI is InChI=1S/C14H19N3O3S/c1-17(8-9-3-5-20-6-4-9)13-10(7-15)11(16)12(21-13)14(18)19-2/h9H,3-6,8,16H2,1-2H3. The summed E-state index contributed by atoms with van der Waals surface area (Å²) in [6, 6.07) is 2.09. The van der Waals surface area contributed by atoms with E-state index in [0.717, 1.165) is 37.6 Å². The molecule has 0 saturated carbocycles. The van der Waals surface area contributed by atoms with Crippen molar-refractivity contribution in [3.8, 4) is 6.07 Å². The lowest BCUT2D eigenvalue weighted by Crippen LogP contribution is -2.29. The number of nitrogens with zero attached hydrogens (tertiary/aromatic N) is 2. The van der Waals surface area contributed by atoms with Crippen LogP contribution in [0.25, 0.3) is 0 Å². The molecule has 1 aromatic rings. The first kappa shape index (κ1) is 15.6. The molecule has 0 bridgehead atoms. The van der Waals surface area contributed by atoms with Gasteiger partial charge in [0, 0.05) is 26.8 Å². The van der Waals surface area contributed by atoms with Gasteiger partial charge >= 0.3 is 5.97 Å². The van der Waals surface area contributed by atoms with E-state index < -0.39 is 5.97 Å². The summed E-state index contributed by atoms with van der Waals surface area (Å²) in [7, 11) is 3.22. The number of nitrogens with two attached hydrogens (primary N) is 1. The molecule has 1 fully saturated rings. The summed E-state index contributed by atoms with van der Waals surface area (Å²) in [6.07, 6.45) is 2.02. The van der Waals surface area contributed by atoms with Gasteiger partial charge in [-0.15, -0.1) is 11.3 Å². The number of hydrogen-bond donors (Lipinski definition) is 1. The van der Waals surface area contributed by atoms with Crippen LogP contribution in [0.15, 0.2) is 0 Å². The van der Waals surface area contributed by atoms with Crippen molar-refractivity contribution in [1.82, 2.24) is 0 Å². The average Bonchev–Trinajstić information content (AvgIpc) is 2.84. The Morgan fingerprint density at radius 3 is 2.81 bits per heavy atom. The summed E-state index contributed by atoms with van der Waals surface area (Å²) >= 11 is 1.21. The van der Waals surface area contributed by atoms with E-state index in [2.05, 4.69) is 6.07 Å². The Labute approximate surface area is 128 Å². The molecular formula is C14H19N3O3S. The van der Waals surface area contributed by atoms with Crippen LogP contribution in [0, 0.1) is 17.2 Å². The summed E-state index contributed by atoms with van der Waals surface area (Å²) in [4.78, 5) is 14.0. The van der Waals surface area contributed by atoms with E-state index in [1.54, 1.807) is 0 Å². The van der Waals surface area contributed by atoms with Gasteiger partial charge in [0.1, 0.15) is 21.5 Å². The van der Waals surface area contributed by atoms with Gasteiger partial charge in [-0.2, -0.15) is 5.26 Å². The number of carbonyl (C=O) groups excluding carboxylic acids is 1. The maximum atomic E-state index is 11.7. The highest BCUT2D eigenvalue weighted by molar-refractivity contribution is 7.18. The number of anilines is 2. The highest BCUT2D eigenvalue weighted by Gasteiger charge is 2.25. The minimum atomic E-state index is -0.500. The molecule has 1 aliphatic heterocycles. The lowest BCUT2D eigenvalue weighted by molar-refractivity contribution is 0.0607. The maximum Gasteiger partial charge on any atom is 0.350 e. The minimum Gasteiger partial charge on any atom is -0.465 e. The molecule has 7 heteroatoms. The zero-order valence-electron chi connectivity index (χ0n) is 12.2. The van der Waals surface area contributed by atoms with Crippen LogP contribution in [-0.4, -0.2) is 39.9 Å². The molecule has 0 aromatic carbocycles. The van der Waals surface area contributed by atoms with E-state index in [-0.39, 0.29) is 5.69 Å². The number of ether oxygens (including phenoxy) is 2. The number of hydrogen-bond acceptors (Lipinski definition) is 7. The first-order valence-electron chi connectivity index (χ1n) is 6.78. The molecule has 1 aliphatic rings. The van der Waals surface area contributed by atoms with Gasteiger partial charge in [0.2, 0.25) is 0 Å². The first-order chi connectivity index (χ1) is 10.1. The van der Waals surface area contributed by atoms with Crippen LogP contribution in [0.2, 0.25) is 0 Å². The summed E-state index contributed by atoms with van der Waals surface area (Å²) < 4.78 is 10.1. The number of nitrogen functional groups attached to an aromatic ring is 1. The molecule has 0 atom stereocenters. The van der Waals surface area contributed by atoms with Crippen molar-refractivity contribution in [3.63, 3.8) is 0 Å². The maximum absolute atomic E-state index is 11.7. The van der Waals surface area contributed by atoms with Crippen molar-refractivity contribution in [2.45, 2.75) is 12.8 Å². The molecule has 21 heavy (non-hydrogen) atoms. The number of methoxy groups -OCH3 is 1. The van der Waals surface area contributed by atoms with E-state index in [9.17, 15) is 10.1 Å². The van der Waals surface area contributed by atoms with Crippen LogP contribution in [0.5, 0.6) is 0 Å². The Bertz CT molecular complexity index is 559. The van der Waals surface area contributed by atoms with Gasteiger partial charge in [0.05, 0.1) is 12.8 Å². The molecule has 0 amide bonds. The van der Waals surface area contributed by atoms with Gasteiger partial charge < -0.3 is 20.1 Å². The minimum absolute atomic E-state index is 0.211. The lowest BCUT2D eigenvalue weighted by Gasteiger charge is -2.27. The highest BCUT2D eigenvalue weighted by Crippen LogP contribution is 2.38. The predicted octanol–water partition coefficient (Wildman–Crippen LogP) is 1.85. The Balaban J connectivity index is 2.21. The largest absolute Gasteiger partial charge is 0.465 e. The number of thiophene rings is 1. The van der Waals surface area contributed by atoms with Crippen LogP contribution in [0.3, 0.4) is 0 Å². The van der Waals surface area contributed by atoms with Crippen LogP contribution >= 0.6 is 11.3 Å². The van der Waals surface area contributed by atoms with Crippen LogP contribution in [0.1, 0.15) is 28.1 Å². The summed E-state index contributed by atoms with van der Waals surface area (Å²) in [5.41, 5.74) is 6.47. The number of rotatable bonds is 4. The molecule has 0 spiro atoms. The predicted molar refractivity (Wildman–Crippen MR) is 81.6 cm³/mol. The Morgan fingerprint density at radius 1 is 1.57 bits per heavy atom. The zero-order valence-corrected chi connectivity index (χ0v) is 13.0. The van der Waals surface area contributed by atoms with Gasteiger partial charge in [-0.05, 0) is 18.8 Å². The third-order valence-electron chi connectivity index (χ3n) is 3.63. The highest BCUT2D eigenvalue weighted by atomic mass is 32.1. The fourth-order valence-corrected chi connectivity index (χ4v) is 3.51. The molecule has 1 aromatic heterocycles. The molecular weight excluding hydrogens is 290 g/mol. The van der Waals surface area contributed by atoms with Crippen molar-refractivity contribution in [3.05, 3.63) is 10.4 Å². The smallest absolute Gasteiger partial charge is 0.350 e. The van der Waals surface area contributed by atoms with Crippen LogP contribution < -0.4 is 10.6 Å². The molecule has 6 nitrogen and oxygen atoms in total. The van der Waals surface area contributed by atoms with Gasteiger partial charge in [-0.1, -0.05) is 0 Å². The number of esters is 1. The molecule has 2 heterocycles. The van der Waals surface area contributed by atoms with Gasteiger partial charge in [-0.3, -0.25) is 0 Å². The average molecular weight is 309 g/mol. The van der Waals surface area contributed by atoms with E-state index >= 15 is 0 Å². The van der Waals surface area contributed by atoms with Crippen LogP contribution in [0.4, 0.5) is 10.7 Å². The van der Waals surface area contributed by atoms with Crippen molar-refractivity contribution in [2.24, 2.45) is 5.92 Å².